The number of pyridine rings is 1. The second-order valence-corrected chi connectivity index (χ2v) is 4.29. The Morgan fingerprint density at radius 3 is 2.48 bits per heavy atom. The number of nitrogens with two attached hydrogens (primary N) is 2. The van der Waals surface area contributed by atoms with Crippen LogP contribution in [0.5, 0.6) is 0 Å². The molecular weight excluding hydrogens is 278 g/mol. The van der Waals surface area contributed by atoms with E-state index >= 15 is 0 Å². The van der Waals surface area contributed by atoms with Crippen LogP contribution in [-0.2, 0) is 0 Å². The zero-order valence-corrected chi connectivity index (χ0v) is 10.6. The van der Waals surface area contributed by atoms with Crippen LogP contribution >= 0.6 is 0 Å². The minimum Gasteiger partial charge on any atom is -0.382 e. The average Bonchev–Trinajstić information content (AvgIpc) is 2.43. The highest BCUT2D eigenvalue weighted by Gasteiger charge is 2.07. The molecule has 3 aromatic rings. The maximum absolute atomic E-state index is 13.2. The molecule has 0 aliphatic rings. The number of anilines is 4. The molecule has 0 atom stereocenters. The largest absolute Gasteiger partial charge is 0.382 e. The van der Waals surface area contributed by atoms with Gasteiger partial charge in [0.25, 0.3) is 0 Å². The van der Waals surface area contributed by atoms with Gasteiger partial charge in [-0.05, 0) is 24.3 Å². The minimum absolute atomic E-state index is 0.0584. The van der Waals surface area contributed by atoms with Crippen molar-refractivity contribution in [3.05, 3.63) is 42.0 Å². The fraction of sp³-hybridized carbons (Fsp3) is 0. The SMILES string of the molecule is Nc1nc(N)c2nc(Nc3ccc(F)c(F)c3)ccc2n1. The summed E-state index contributed by atoms with van der Waals surface area (Å²) in [6.45, 7) is 0. The highest BCUT2D eigenvalue weighted by atomic mass is 19.2. The van der Waals surface area contributed by atoms with Crippen molar-refractivity contribution in [2.45, 2.75) is 0 Å². The highest BCUT2D eigenvalue weighted by molar-refractivity contribution is 5.86. The lowest BCUT2D eigenvalue weighted by Crippen LogP contribution is -2.03. The van der Waals surface area contributed by atoms with Crippen molar-refractivity contribution >= 4 is 34.3 Å². The molecule has 21 heavy (non-hydrogen) atoms. The molecule has 106 valence electrons. The van der Waals surface area contributed by atoms with E-state index in [-0.39, 0.29) is 11.8 Å². The zero-order valence-electron chi connectivity index (χ0n) is 10.6. The molecule has 0 saturated heterocycles. The van der Waals surface area contributed by atoms with Gasteiger partial charge in [-0.1, -0.05) is 0 Å². The van der Waals surface area contributed by atoms with Crippen LogP contribution in [0.2, 0.25) is 0 Å². The molecule has 0 saturated carbocycles. The molecular formula is C13H10F2N6. The number of halogens is 2. The number of hydrogen-bond acceptors (Lipinski definition) is 6. The lowest BCUT2D eigenvalue weighted by atomic mass is 10.3. The van der Waals surface area contributed by atoms with Crippen LogP contribution in [0.4, 0.5) is 32.1 Å². The fourth-order valence-corrected chi connectivity index (χ4v) is 1.85. The van der Waals surface area contributed by atoms with E-state index < -0.39 is 11.6 Å². The summed E-state index contributed by atoms with van der Waals surface area (Å²) < 4.78 is 26.0. The van der Waals surface area contributed by atoms with E-state index in [1.807, 2.05) is 0 Å². The van der Waals surface area contributed by atoms with Crippen molar-refractivity contribution in [3.8, 4) is 0 Å². The molecule has 0 radical (unpaired) electrons. The van der Waals surface area contributed by atoms with E-state index in [2.05, 4.69) is 20.3 Å². The van der Waals surface area contributed by atoms with Gasteiger partial charge in [0, 0.05) is 11.8 Å². The van der Waals surface area contributed by atoms with Crippen molar-refractivity contribution in [1.29, 1.82) is 0 Å². The van der Waals surface area contributed by atoms with E-state index in [1.165, 1.54) is 6.07 Å². The Hall–Kier alpha value is -3.03. The summed E-state index contributed by atoms with van der Waals surface area (Å²) in [5, 5.41) is 2.85. The summed E-state index contributed by atoms with van der Waals surface area (Å²) in [7, 11) is 0. The maximum atomic E-state index is 13.2. The summed E-state index contributed by atoms with van der Waals surface area (Å²) >= 11 is 0. The van der Waals surface area contributed by atoms with Crippen molar-refractivity contribution in [2.75, 3.05) is 16.8 Å². The molecule has 3 rings (SSSR count). The molecule has 0 bridgehead atoms. The summed E-state index contributed by atoms with van der Waals surface area (Å²) in [6, 6.07) is 6.72. The molecule has 0 fully saturated rings. The van der Waals surface area contributed by atoms with E-state index in [1.54, 1.807) is 12.1 Å². The topological polar surface area (TPSA) is 103 Å². The quantitative estimate of drug-likeness (QED) is 0.668. The van der Waals surface area contributed by atoms with Gasteiger partial charge in [0.15, 0.2) is 17.5 Å². The summed E-state index contributed by atoms with van der Waals surface area (Å²) in [5.74, 6) is -1.26. The fourth-order valence-electron chi connectivity index (χ4n) is 1.85. The Morgan fingerprint density at radius 2 is 1.71 bits per heavy atom. The molecule has 1 aromatic carbocycles. The Morgan fingerprint density at radius 1 is 0.905 bits per heavy atom. The van der Waals surface area contributed by atoms with Crippen LogP contribution in [0.1, 0.15) is 0 Å². The first-order chi connectivity index (χ1) is 10.0. The second-order valence-electron chi connectivity index (χ2n) is 4.29. The number of hydrogen-bond donors (Lipinski definition) is 3. The van der Waals surface area contributed by atoms with Crippen molar-refractivity contribution in [3.63, 3.8) is 0 Å². The second kappa shape index (κ2) is 4.82. The number of nitrogens with one attached hydrogen (secondary N) is 1. The number of nitrogen functional groups attached to an aromatic ring is 2. The van der Waals surface area contributed by atoms with Crippen molar-refractivity contribution in [1.82, 2.24) is 15.0 Å². The van der Waals surface area contributed by atoms with Gasteiger partial charge in [-0.25, -0.2) is 18.7 Å². The van der Waals surface area contributed by atoms with Gasteiger partial charge in [0.1, 0.15) is 11.3 Å². The van der Waals surface area contributed by atoms with Crippen LogP contribution in [0.25, 0.3) is 11.0 Å². The molecule has 0 aliphatic heterocycles. The van der Waals surface area contributed by atoms with Crippen LogP contribution < -0.4 is 16.8 Å². The Bertz CT molecular complexity index is 836. The standard InChI is InChI=1S/C13H10F2N6/c14-7-2-1-6(5-8(7)15)18-10-4-3-9-11(20-10)12(16)21-13(17)19-9/h1-5H,(H,18,20)(H4,16,17,19,21). The Kier molecular flexibility index (Phi) is 2.98. The van der Waals surface area contributed by atoms with Gasteiger partial charge in [-0.15, -0.1) is 0 Å². The van der Waals surface area contributed by atoms with Gasteiger partial charge < -0.3 is 16.8 Å². The minimum atomic E-state index is -0.948. The van der Waals surface area contributed by atoms with Gasteiger partial charge in [-0.3, -0.25) is 0 Å². The number of nitrogens with zero attached hydrogens (tertiary/aromatic N) is 3. The molecule has 0 unspecified atom stereocenters. The number of fused-ring (bicyclic) bond motifs is 1. The van der Waals surface area contributed by atoms with Gasteiger partial charge >= 0.3 is 0 Å². The van der Waals surface area contributed by atoms with E-state index in [0.717, 1.165) is 12.1 Å². The summed E-state index contributed by atoms with van der Waals surface area (Å²) in [6.07, 6.45) is 0. The predicted octanol–water partition coefficient (Wildman–Crippen LogP) is 2.21. The van der Waals surface area contributed by atoms with E-state index in [9.17, 15) is 8.78 Å². The third-order valence-corrected chi connectivity index (χ3v) is 2.78. The average molecular weight is 288 g/mol. The van der Waals surface area contributed by atoms with Crippen molar-refractivity contribution < 1.29 is 8.78 Å². The predicted molar refractivity (Wildman–Crippen MR) is 75.8 cm³/mol. The van der Waals surface area contributed by atoms with Crippen molar-refractivity contribution in [2.24, 2.45) is 0 Å². The first-order valence-corrected chi connectivity index (χ1v) is 5.95. The molecule has 0 spiro atoms. The first kappa shape index (κ1) is 13.0. The lowest BCUT2D eigenvalue weighted by Gasteiger charge is -2.08. The number of rotatable bonds is 2. The van der Waals surface area contributed by atoms with E-state index in [4.69, 9.17) is 11.5 Å². The van der Waals surface area contributed by atoms with Crippen LogP contribution in [0.3, 0.4) is 0 Å². The molecule has 0 aliphatic carbocycles. The zero-order chi connectivity index (χ0) is 15.0. The molecule has 8 heteroatoms. The maximum Gasteiger partial charge on any atom is 0.222 e. The summed E-state index contributed by atoms with van der Waals surface area (Å²) in [4.78, 5) is 12.0. The highest BCUT2D eigenvalue weighted by Crippen LogP contribution is 2.22. The molecule has 2 aromatic heterocycles. The van der Waals surface area contributed by atoms with Crippen LogP contribution in [-0.4, -0.2) is 15.0 Å². The molecule has 0 amide bonds. The third kappa shape index (κ3) is 2.50. The first-order valence-electron chi connectivity index (χ1n) is 5.95. The van der Waals surface area contributed by atoms with Gasteiger partial charge in [0.2, 0.25) is 5.95 Å². The molecule has 2 heterocycles. The smallest absolute Gasteiger partial charge is 0.222 e. The van der Waals surface area contributed by atoms with Gasteiger partial charge in [0.05, 0.1) is 5.52 Å². The summed E-state index contributed by atoms with van der Waals surface area (Å²) in [5.41, 5.74) is 12.5. The third-order valence-electron chi connectivity index (χ3n) is 2.78. The number of aromatic nitrogens is 3. The monoisotopic (exact) mass is 288 g/mol. The molecule has 5 N–H and O–H groups in total. The number of benzene rings is 1. The Labute approximate surface area is 117 Å². The Balaban J connectivity index is 1.99. The van der Waals surface area contributed by atoms with Crippen LogP contribution in [0, 0.1) is 11.6 Å². The van der Waals surface area contributed by atoms with Gasteiger partial charge in [-0.2, -0.15) is 4.98 Å². The normalized spacial score (nSPS) is 10.8. The van der Waals surface area contributed by atoms with E-state index in [0.29, 0.717) is 22.5 Å². The lowest BCUT2D eigenvalue weighted by molar-refractivity contribution is 0.509. The van der Waals surface area contributed by atoms with Crippen LogP contribution in [0.15, 0.2) is 30.3 Å². The molecule has 6 nitrogen and oxygen atoms in total.